The number of nitro benzene ring substituents is 1. The van der Waals surface area contributed by atoms with E-state index < -0.39 is 4.92 Å². The average Bonchev–Trinajstić information content (AvgIpc) is 2.74. The van der Waals surface area contributed by atoms with Crippen LogP contribution in [0.3, 0.4) is 0 Å². The Morgan fingerprint density at radius 1 is 1.59 bits per heavy atom. The zero-order valence-electron chi connectivity index (χ0n) is 9.50. The van der Waals surface area contributed by atoms with Crippen molar-refractivity contribution >= 4 is 11.4 Å². The van der Waals surface area contributed by atoms with E-state index in [1.54, 1.807) is 6.07 Å². The molecule has 92 valence electrons. The van der Waals surface area contributed by atoms with Gasteiger partial charge < -0.3 is 14.7 Å². The summed E-state index contributed by atoms with van der Waals surface area (Å²) in [6.45, 7) is 1.27. The number of anilines is 1. The highest BCUT2D eigenvalue weighted by atomic mass is 16.6. The summed E-state index contributed by atoms with van der Waals surface area (Å²) in [5.41, 5.74) is 0.792. The minimum absolute atomic E-state index is 0.00495. The quantitative estimate of drug-likeness (QED) is 0.632. The molecule has 6 nitrogen and oxygen atoms in total. The normalized spacial score (nSPS) is 19.4. The van der Waals surface area contributed by atoms with Crippen molar-refractivity contribution in [3.63, 3.8) is 0 Å². The van der Waals surface area contributed by atoms with E-state index in [-0.39, 0.29) is 11.8 Å². The molecule has 1 fully saturated rings. The molecule has 0 saturated carbocycles. The lowest BCUT2D eigenvalue weighted by atomic mass is 10.2. The van der Waals surface area contributed by atoms with Crippen LogP contribution in [-0.4, -0.2) is 36.3 Å². The third kappa shape index (κ3) is 2.31. The Bertz CT molecular complexity index is 435. The fourth-order valence-electron chi connectivity index (χ4n) is 2.00. The van der Waals surface area contributed by atoms with Crippen LogP contribution >= 0.6 is 0 Å². The van der Waals surface area contributed by atoms with Crippen molar-refractivity contribution in [3.8, 4) is 5.75 Å². The number of β-amino-alcohol motifs (C(OH)–C–C–N with tert-alkyl or cyclic N) is 1. The van der Waals surface area contributed by atoms with Crippen molar-refractivity contribution in [2.24, 2.45) is 0 Å². The van der Waals surface area contributed by atoms with Gasteiger partial charge in [-0.05, 0) is 12.5 Å². The third-order valence-corrected chi connectivity index (χ3v) is 2.88. The van der Waals surface area contributed by atoms with E-state index in [0.29, 0.717) is 18.7 Å². The Labute approximate surface area is 98.6 Å². The van der Waals surface area contributed by atoms with Gasteiger partial charge >= 0.3 is 0 Å². The minimum Gasteiger partial charge on any atom is -0.494 e. The number of aliphatic hydroxyl groups excluding tert-OH is 1. The van der Waals surface area contributed by atoms with E-state index in [0.717, 1.165) is 12.2 Å². The van der Waals surface area contributed by atoms with Gasteiger partial charge in [0.15, 0.2) is 0 Å². The van der Waals surface area contributed by atoms with Crippen LogP contribution in [0.25, 0.3) is 0 Å². The lowest BCUT2D eigenvalue weighted by Crippen LogP contribution is -2.21. The molecular formula is C11H14N2O4. The van der Waals surface area contributed by atoms with Crippen LogP contribution in [0.2, 0.25) is 0 Å². The van der Waals surface area contributed by atoms with Gasteiger partial charge in [-0.1, -0.05) is 0 Å². The van der Waals surface area contributed by atoms with Crippen molar-refractivity contribution in [1.29, 1.82) is 0 Å². The topological polar surface area (TPSA) is 75.8 Å². The molecule has 0 aliphatic carbocycles. The molecule has 0 bridgehead atoms. The second-order valence-corrected chi connectivity index (χ2v) is 4.00. The van der Waals surface area contributed by atoms with E-state index in [1.807, 2.05) is 4.90 Å². The Balaban J connectivity index is 2.31. The van der Waals surface area contributed by atoms with Crippen molar-refractivity contribution in [2.45, 2.75) is 12.5 Å². The van der Waals surface area contributed by atoms with Gasteiger partial charge in [-0.3, -0.25) is 10.1 Å². The maximum atomic E-state index is 10.7. The number of non-ortho nitro benzene ring substituents is 1. The molecule has 6 heteroatoms. The monoisotopic (exact) mass is 238 g/mol. The number of benzene rings is 1. The smallest absolute Gasteiger partial charge is 0.273 e. The molecule has 1 aromatic carbocycles. The molecule has 0 radical (unpaired) electrons. The first-order chi connectivity index (χ1) is 8.11. The Morgan fingerprint density at radius 3 is 2.88 bits per heavy atom. The van der Waals surface area contributed by atoms with Gasteiger partial charge in [0.25, 0.3) is 5.69 Å². The zero-order valence-corrected chi connectivity index (χ0v) is 9.50. The number of methoxy groups -OCH3 is 1. The second-order valence-electron chi connectivity index (χ2n) is 4.00. The van der Waals surface area contributed by atoms with Crippen molar-refractivity contribution in [1.82, 2.24) is 0 Å². The summed E-state index contributed by atoms with van der Waals surface area (Å²) in [7, 11) is 1.48. The van der Waals surface area contributed by atoms with Gasteiger partial charge in [-0.25, -0.2) is 0 Å². The van der Waals surface area contributed by atoms with Crippen LogP contribution in [0.5, 0.6) is 5.75 Å². The predicted octanol–water partition coefficient (Wildman–Crippen LogP) is 1.17. The first-order valence-electron chi connectivity index (χ1n) is 5.37. The Hall–Kier alpha value is -1.82. The van der Waals surface area contributed by atoms with Gasteiger partial charge in [0.1, 0.15) is 5.75 Å². The van der Waals surface area contributed by atoms with Crippen LogP contribution in [-0.2, 0) is 0 Å². The number of hydrogen-bond donors (Lipinski definition) is 1. The molecule has 1 saturated heterocycles. The Morgan fingerprint density at radius 2 is 2.35 bits per heavy atom. The zero-order chi connectivity index (χ0) is 12.4. The van der Waals surface area contributed by atoms with Crippen molar-refractivity contribution in [3.05, 3.63) is 28.3 Å². The largest absolute Gasteiger partial charge is 0.494 e. The minimum atomic E-state index is -0.453. The predicted molar refractivity (Wildman–Crippen MR) is 62.5 cm³/mol. The molecule has 0 amide bonds. The van der Waals surface area contributed by atoms with E-state index in [2.05, 4.69) is 0 Å². The van der Waals surface area contributed by atoms with Crippen molar-refractivity contribution in [2.75, 3.05) is 25.1 Å². The van der Waals surface area contributed by atoms with Gasteiger partial charge in [-0.15, -0.1) is 0 Å². The fourth-order valence-corrected chi connectivity index (χ4v) is 2.00. The van der Waals surface area contributed by atoms with Gasteiger partial charge in [-0.2, -0.15) is 0 Å². The number of nitro groups is 1. The van der Waals surface area contributed by atoms with Crippen LogP contribution in [0.15, 0.2) is 18.2 Å². The first kappa shape index (κ1) is 11.7. The molecule has 1 atom stereocenters. The standard InChI is InChI=1S/C11H14N2O4/c1-17-11-6-8(13(15)16)2-3-10(11)12-5-4-9(14)7-12/h2-3,6,9,14H,4-5,7H2,1H3/t9-/m1/s1. The summed E-state index contributed by atoms with van der Waals surface area (Å²) >= 11 is 0. The first-order valence-corrected chi connectivity index (χ1v) is 5.37. The van der Waals surface area contributed by atoms with E-state index in [4.69, 9.17) is 4.74 Å². The lowest BCUT2D eigenvalue weighted by Gasteiger charge is -2.20. The molecule has 1 heterocycles. The molecule has 1 N–H and O–H groups in total. The van der Waals surface area contributed by atoms with E-state index >= 15 is 0 Å². The highest BCUT2D eigenvalue weighted by Gasteiger charge is 2.24. The van der Waals surface area contributed by atoms with Crippen LogP contribution in [0, 0.1) is 10.1 Å². The average molecular weight is 238 g/mol. The molecule has 2 rings (SSSR count). The maximum Gasteiger partial charge on any atom is 0.273 e. The highest BCUT2D eigenvalue weighted by Crippen LogP contribution is 2.33. The summed E-state index contributed by atoms with van der Waals surface area (Å²) in [6, 6.07) is 4.51. The lowest BCUT2D eigenvalue weighted by molar-refractivity contribution is -0.384. The SMILES string of the molecule is COc1cc([N+](=O)[O-])ccc1N1CC[C@@H](O)C1. The summed E-state index contributed by atoms with van der Waals surface area (Å²) in [4.78, 5) is 12.2. The fraction of sp³-hybridized carbons (Fsp3) is 0.455. The van der Waals surface area contributed by atoms with Gasteiger partial charge in [0.2, 0.25) is 0 Å². The molecule has 0 unspecified atom stereocenters. The van der Waals surface area contributed by atoms with Crippen LogP contribution in [0.4, 0.5) is 11.4 Å². The third-order valence-electron chi connectivity index (χ3n) is 2.88. The van der Waals surface area contributed by atoms with Crippen LogP contribution < -0.4 is 9.64 Å². The highest BCUT2D eigenvalue weighted by molar-refractivity contribution is 5.63. The number of rotatable bonds is 3. The maximum absolute atomic E-state index is 10.7. The second kappa shape index (κ2) is 4.58. The summed E-state index contributed by atoms with van der Waals surface area (Å²) in [5, 5.41) is 20.1. The molecular weight excluding hydrogens is 224 g/mol. The number of hydrogen-bond acceptors (Lipinski definition) is 5. The molecule has 1 aliphatic rings. The molecule has 1 aromatic rings. The number of aliphatic hydroxyl groups is 1. The summed E-state index contributed by atoms with van der Waals surface area (Å²) in [5.74, 6) is 0.466. The summed E-state index contributed by atoms with van der Waals surface area (Å²) < 4.78 is 5.16. The van der Waals surface area contributed by atoms with E-state index in [9.17, 15) is 15.2 Å². The van der Waals surface area contributed by atoms with Crippen molar-refractivity contribution < 1.29 is 14.8 Å². The number of nitrogens with zero attached hydrogens (tertiary/aromatic N) is 2. The van der Waals surface area contributed by atoms with Gasteiger partial charge in [0.05, 0.1) is 29.9 Å². The Kier molecular flexibility index (Phi) is 3.14. The molecule has 0 spiro atoms. The summed E-state index contributed by atoms with van der Waals surface area (Å²) in [6.07, 6.45) is 0.370. The van der Waals surface area contributed by atoms with Gasteiger partial charge in [0, 0.05) is 19.2 Å². The van der Waals surface area contributed by atoms with E-state index in [1.165, 1.54) is 19.2 Å². The molecule has 17 heavy (non-hydrogen) atoms. The van der Waals surface area contributed by atoms with Crippen LogP contribution in [0.1, 0.15) is 6.42 Å². The molecule has 0 aromatic heterocycles. The number of ether oxygens (including phenoxy) is 1. The molecule has 1 aliphatic heterocycles.